The number of rotatable bonds is 14. The van der Waals surface area contributed by atoms with Crippen LogP contribution in [-0.4, -0.2) is 109 Å². The molecule has 1 unspecified atom stereocenters. The van der Waals surface area contributed by atoms with E-state index in [1.807, 2.05) is 60.3 Å². The highest BCUT2D eigenvalue weighted by Gasteiger charge is 2.53. The number of carboxylic acids is 1. The quantitative estimate of drug-likeness (QED) is 0.341. The van der Waals surface area contributed by atoms with Gasteiger partial charge in [-0.05, 0) is 81.4 Å². The zero-order valence-electron chi connectivity index (χ0n) is 26.7. The molecule has 0 radical (unpaired) electrons. The van der Waals surface area contributed by atoms with Gasteiger partial charge in [-0.3, -0.25) is 19.3 Å². The first kappa shape index (κ1) is 32.0. The van der Waals surface area contributed by atoms with Crippen molar-refractivity contribution in [3.63, 3.8) is 0 Å². The van der Waals surface area contributed by atoms with Crippen LogP contribution >= 0.6 is 0 Å². The van der Waals surface area contributed by atoms with Crippen LogP contribution in [0.1, 0.15) is 61.9 Å². The van der Waals surface area contributed by atoms with Crippen LogP contribution in [0.15, 0.2) is 47.9 Å². The number of amides is 2. The molecule has 2 amide bonds. The molecule has 5 rings (SSSR count). The lowest BCUT2D eigenvalue weighted by Gasteiger charge is -2.36. The summed E-state index contributed by atoms with van der Waals surface area (Å²) in [5.41, 5.74) is 1.22. The minimum absolute atomic E-state index is 0.0173. The second kappa shape index (κ2) is 13.7. The first-order valence-electron chi connectivity index (χ1n) is 16.1. The first-order chi connectivity index (χ1) is 21.1. The van der Waals surface area contributed by atoms with Crippen LogP contribution in [0.2, 0.25) is 0 Å². The molecular formula is C34H48N4O6. The highest BCUT2D eigenvalue weighted by Crippen LogP contribution is 2.49. The number of hydrogen-bond donors (Lipinski definition) is 1. The van der Waals surface area contributed by atoms with Crippen LogP contribution in [0.5, 0.6) is 0 Å². The summed E-state index contributed by atoms with van der Waals surface area (Å²) in [6.07, 6.45) is 7.95. The molecule has 0 spiro atoms. The molecule has 2 saturated heterocycles. The number of nitrogens with zero attached hydrogens (tertiary/aromatic N) is 4. The van der Waals surface area contributed by atoms with Crippen molar-refractivity contribution in [1.29, 1.82) is 0 Å². The maximum atomic E-state index is 13.9. The Labute approximate surface area is 261 Å². The zero-order valence-corrected chi connectivity index (χ0v) is 26.7. The third kappa shape index (κ3) is 6.81. The molecule has 1 aliphatic carbocycles. The van der Waals surface area contributed by atoms with Crippen molar-refractivity contribution in [2.75, 3.05) is 60.2 Å². The van der Waals surface area contributed by atoms with E-state index in [2.05, 4.69) is 23.6 Å². The summed E-state index contributed by atoms with van der Waals surface area (Å²) in [7, 11) is 4.07. The fourth-order valence-corrected chi connectivity index (χ4v) is 7.34. The summed E-state index contributed by atoms with van der Waals surface area (Å²) < 4.78 is 11.3. The lowest BCUT2D eigenvalue weighted by Crippen LogP contribution is -2.46. The van der Waals surface area contributed by atoms with Crippen molar-refractivity contribution < 1.29 is 29.0 Å². The average Bonchev–Trinajstić information content (AvgIpc) is 3.69. The Morgan fingerprint density at radius 3 is 2.57 bits per heavy atom. The van der Waals surface area contributed by atoms with Gasteiger partial charge in [-0.15, -0.1) is 0 Å². The van der Waals surface area contributed by atoms with E-state index in [0.717, 1.165) is 31.4 Å². The van der Waals surface area contributed by atoms with E-state index >= 15 is 0 Å². The van der Waals surface area contributed by atoms with E-state index in [-0.39, 0.29) is 31.1 Å². The van der Waals surface area contributed by atoms with E-state index in [4.69, 9.17) is 9.47 Å². The summed E-state index contributed by atoms with van der Waals surface area (Å²) in [5.74, 6) is -0.419. The van der Waals surface area contributed by atoms with Crippen molar-refractivity contribution in [3.05, 3.63) is 59.1 Å². The van der Waals surface area contributed by atoms with Gasteiger partial charge in [-0.1, -0.05) is 38.5 Å². The lowest BCUT2D eigenvalue weighted by atomic mass is 9.67. The maximum absolute atomic E-state index is 13.9. The Bertz CT molecular complexity index is 1290. The predicted octanol–water partition coefficient (Wildman–Crippen LogP) is 3.80. The summed E-state index contributed by atoms with van der Waals surface area (Å²) >= 11 is 0. The number of carbonyl (C=O) groups is 3. The number of aliphatic carboxylic acids is 1. The minimum Gasteiger partial charge on any atom is -0.481 e. The van der Waals surface area contributed by atoms with Crippen LogP contribution in [0.3, 0.4) is 0 Å². The number of fused-ring (bicyclic) bond motifs is 2. The van der Waals surface area contributed by atoms with Crippen LogP contribution in [-0.2, 0) is 25.6 Å². The average molecular weight is 609 g/mol. The molecular weight excluding hydrogens is 560 g/mol. The molecule has 1 aromatic rings. The van der Waals surface area contributed by atoms with Crippen LogP contribution in [0.25, 0.3) is 0 Å². The molecule has 3 heterocycles. The molecule has 2 fully saturated rings. The number of unbranched alkanes of at least 4 members (excludes halogenated alkanes) is 1. The minimum atomic E-state index is -0.863. The van der Waals surface area contributed by atoms with Gasteiger partial charge in [0.2, 0.25) is 12.7 Å². The SMILES string of the molecule is CCCCN(CCCN(C)C)C(=O)CN1C[C@H](C2(C)C=C3OCOC3=CC2)[C@@H](C(=O)O)[C@@H]1CCN1Cc2ccccc2C1=O. The van der Waals surface area contributed by atoms with Gasteiger partial charge in [0.25, 0.3) is 5.91 Å². The molecule has 10 nitrogen and oxygen atoms in total. The Morgan fingerprint density at radius 2 is 1.84 bits per heavy atom. The van der Waals surface area contributed by atoms with Crippen LogP contribution < -0.4 is 0 Å². The zero-order chi connectivity index (χ0) is 31.4. The Hall–Kier alpha value is -3.37. The van der Waals surface area contributed by atoms with Gasteiger partial charge in [0.15, 0.2) is 11.5 Å². The Morgan fingerprint density at radius 1 is 1.09 bits per heavy atom. The molecule has 0 aromatic heterocycles. The molecule has 1 N–H and O–H groups in total. The molecule has 3 aliphatic heterocycles. The fourth-order valence-electron chi connectivity index (χ4n) is 7.34. The summed E-state index contributed by atoms with van der Waals surface area (Å²) in [6.45, 7) is 8.24. The van der Waals surface area contributed by atoms with Gasteiger partial charge in [0, 0.05) is 44.3 Å². The largest absolute Gasteiger partial charge is 0.481 e. The van der Waals surface area contributed by atoms with E-state index < -0.39 is 23.3 Å². The summed E-state index contributed by atoms with van der Waals surface area (Å²) in [6, 6.07) is 7.24. The molecule has 240 valence electrons. The monoisotopic (exact) mass is 608 g/mol. The van der Waals surface area contributed by atoms with Crippen LogP contribution in [0.4, 0.5) is 0 Å². The summed E-state index contributed by atoms with van der Waals surface area (Å²) in [4.78, 5) is 48.1. The van der Waals surface area contributed by atoms with Crippen molar-refractivity contribution in [3.8, 4) is 0 Å². The lowest BCUT2D eigenvalue weighted by molar-refractivity contribution is -0.145. The number of ether oxygens (including phenoxy) is 2. The second-order valence-corrected chi connectivity index (χ2v) is 13.2. The predicted molar refractivity (Wildman–Crippen MR) is 166 cm³/mol. The van der Waals surface area contributed by atoms with E-state index in [9.17, 15) is 19.5 Å². The normalized spacial score (nSPS) is 26.2. The number of hydrogen-bond acceptors (Lipinski definition) is 7. The smallest absolute Gasteiger partial charge is 0.308 e. The standard InChI is InChI=1S/C34H48N4O6/c1-5-6-16-36(17-9-15-35(3)4)30(39)22-38-21-26(34(2)14-12-28-29(19-34)44-23-43-28)31(33(41)42)27(38)13-18-37-20-24-10-7-8-11-25(24)32(37)40/h7-8,10-12,19,26-27,31H,5-6,9,13-18,20-23H2,1-4H3,(H,41,42)/t26-,27-,31+,34?/m0/s1. The van der Waals surface area contributed by atoms with Crippen LogP contribution in [0, 0.1) is 17.3 Å². The highest BCUT2D eigenvalue weighted by atomic mass is 16.7. The molecule has 44 heavy (non-hydrogen) atoms. The van der Waals surface area contributed by atoms with Crippen molar-refractivity contribution in [2.45, 2.75) is 58.5 Å². The number of carboxylic acid groups (broad SMARTS) is 1. The number of likely N-dealkylation sites (tertiary alicyclic amines) is 1. The van der Waals surface area contributed by atoms with Gasteiger partial charge >= 0.3 is 5.97 Å². The van der Waals surface area contributed by atoms with Crippen molar-refractivity contribution >= 4 is 17.8 Å². The number of carbonyl (C=O) groups excluding carboxylic acids is 2. The number of allylic oxidation sites excluding steroid dienone is 2. The number of benzene rings is 1. The second-order valence-electron chi connectivity index (χ2n) is 13.2. The van der Waals surface area contributed by atoms with Gasteiger partial charge in [-0.25, -0.2) is 0 Å². The van der Waals surface area contributed by atoms with Crippen molar-refractivity contribution in [1.82, 2.24) is 19.6 Å². The summed E-state index contributed by atoms with van der Waals surface area (Å²) in [5, 5.41) is 10.7. The Balaban J connectivity index is 1.38. The van der Waals surface area contributed by atoms with E-state index in [1.165, 1.54) is 0 Å². The maximum Gasteiger partial charge on any atom is 0.308 e. The highest BCUT2D eigenvalue weighted by molar-refractivity contribution is 5.98. The van der Waals surface area contributed by atoms with E-state index in [1.54, 1.807) is 0 Å². The van der Waals surface area contributed by atoms with Gasteiger partial charge in [-0.2, -0.15) is 0 Å². The third-order valence-electron chi connectivity index (χ3n) is 9.84. The molecule has 0 bridgehead atoms. The van der Waals surface area contributed by atoms with Gasteiger partial charge < -0.3 is 29.3 Å². The molecule has 1 aromatic carbocycles. The topological polar surface area (TPSA) is 103 Å². The van der Waals surface area contributed by atoms with Gasteiger partial charge in [0.1, 0.15) is 0 Å². The molecule has 4 atom stereocenters. The first-order valence-corrected chi connectivity index (χ1v) is 16.1. The fraction of sp³-hybridized carbons (Fsp3) is 0.618. The molecule has 10 heteroatoms. The van der Waals surface area contributed by atoms with Crippen molar-refractivity contribution in [2.24, 2.45) is 17.3 Å². The van der Waals surface area contributed by atoms with Gasteiger partial charge in [0.05, 0.1) is 12.5 Å². The molecule has 0 saturated carbocycles. The van der Waals surface area contributed by atoms with E-state index in [0.29, 0.717) is 62.6 Å². The Kier molecular flexibility index (Phi) is 10.00. The molecule has 4 aliphatic rings. The third-order valence-corrected chi connectivity index (χ3v) is 9.84.